The molecule has 0 spiro atoms. The van der Waals surface area contributed by atoms with Crippen molar-refractivity contribution in [1.82, 2.24) is 0 Å². The summed E-state index contributed by atoms with van der Waals surface area (Å²) in [6.45, 7) is 8.23. The van der Waals surface area contributed by atoms with Crippen molar-refractivity contribution in [2.24, 2.45) is 0 Å². The zero-order valence-electron chi connectivity index (χ0n) is 9.08. The maximum absolute atomic E-state index is 10.8. The van der Waals surface area contributed by atoms with Crippen LogP contribution in [0.2, 0.25) is 0 Å². The molecule has 1 fully saturated rings. The van der Waals surface area contributed by atoms with Gasteiger partial charge in [-0.3, -0.25) is 0 Å². The first-order valence-electron chi connectivity index (χ1n) is 4.87. The number of ether oxygens (including phenoxy) is 2. The van der Waals surface area contributed by atoms with Crippen LogP contribution in [0.4, 0.5) is 0 Å². The number of likely N-dealkylation sites (N-methyl/N-ethyl adjacent to an activating group) is 1. The van der Waals surface area contributed by atoms with Crippen LogP contribution in [-0.4, -0.2) is 57.0 Å². The summed E-state index contributed by atoms with van der Waals surface area (Å²) in [7, 11) is 2.16. The highest BCUT2D eigenvalue weighted by molar-refractivity contribution is 5.81. The van der Waals surface area contributed by atoms with Crippen molar-refractivity contribution < 1.29 is 31.2 Å². The molecule has 0 N–H and O–H groups in total. The lowest BCUT2D eigenvalue weighted by Gasteiger charge is -2.37. The molecule has 5 heteroatoms. The monoisotopic (exact) mass is 235 g/mol. The molecule has 0 radical (unpaired) electrons. The Bertz CT molecular complexity index is 215. The molecule has 0 amide bonds. The van der Waals surface area contributed by atoms with Gasteiger partial charge >= 0.3 is 5.97 Å². The third-order valence-electron chi connectivity index (χ3n) is 2.59. The van der Waals surface area contributed by atoms with Gasteiger partial charge in [-0.15, -0.1) is 0 Å². The Labute approximate surface area is 96.8 Å². The van der Waals surface area contributed by atoms with E-state index in [0.29, 0.717) is 6.61 Å². The normalized spacial score (nSPS) is 18.7. The summed E-state index contributed by atoms with van der Waals surface area (Å²) in [6, 6.07) is 0. The Morgan fingerprint density at radius 3 is 2.67 bits per heavy atom. The molecule has 1 heterocycles. The van der Waals surface area contributed by atoms with Crippen LogP contribution in [0, 0.1) is 0 Å². The maximum Gasteiger partial charge on any atom is 0.330 e. The van der Waals surface area contributed by atoms with Gasteiger partial charge in [-0.05, 0) is 0 Å². The molecule has 4 nitrogen and oxygen atoms in total. The van der Waals surface area contributed by atoms with Gasteiger partial charge in [-0.1, -0.05) is 6.58 Å². The number of halogens is 1. The fourth-order valence-corrected chi connectivity index (χ4v) is 1.43. The average Bonchev–Trinajstić information content (AvgIpc) is 2.18. The summed E-state index contributed by atoms with van der Waals surface area (Å²) in [5.41, 5.74) is 0. The van der Waals surface area contributed by atoms with Gasteiger partial charge in [0.2, 0.25) is 0 Å². The van der Waals surface area contributed by atoms with Crippen LogP contribution in [0.15, 0.2) is 12.7 Å². The molecule has 0 unspecified atom stereocenters. The second-order valence-electron chi connectivity index (χ2n) is 3.77. The van der Waals surface area contributed by atoms with Crippen LogP contribution in [0.5, 0.6) is 0 Å². The molecule has 0 saturated carbocycles. The number of hydrogen-bond donors (Lipinski definition) is 0. The van der Waals surface area contributed by atoms with E-state index >= 15 is 0 Å². The Balaban J connectivity index is 0.00000196. The van der Waals surface area contributed by atoms with Crippen LogP contribution in [0.1, 0.15) is 0 Å². The van der Waals surface area contributed by atoms with Crippen LogP contribution in [-0.2, 0) is 14.3 Å². The molecule has 0 aromatic rings. The highest BCUT2D eigenvalue weighted by Gasteiger charge is 2.24. The molecular formula is C10H18ClNO3. The minimum atomic E-state index is -0.343. The van der Waals surface area contributed by atoms with Gasteiger partial charge in [-0.25, -0.2) is 4.79 Å². The predicted molar refractivity (Wildman–Crippen MR) is 52.8 cm³/mol. The number of nitrogens with zero attached hydrogens (tertiary/aromatic N) is 1. The minimum Gasteiger partial charge on any atom is -1.00 e. The fourth-order valence-electron chi connectivity index (χ4n) is 1.43. The first-order chi connectivity index (χ1) is 6.66. The van der Waals surface area contributed by atoms with Gasteiger partial charge in [0.15, 0.2) is 0 Å². The third kappa shape index (κ3) is 5.16. The zero-order valence-corrected chi connectivity index (χ0v) is 9.83. The summed E-state index contributed by atoms with van der Waals surface area (Å²) in [5.74, 6) is -0.343. The lowest BCUT2D eigenvalue weighted by atomic mass is 10.3. The zero-order chi connectivity index (χ0) is 10.4. The first kappa shape index (κ1) is 14.4. The number of rotatable bonds is 4. The number of esters is 1. The molecular weight excluding hydrogens is 218 g/mol. The van der Waals surface area contributed by atoms with Crippen LogP contribution in [0.25, 0.3) is 0 Å². The number of morpholine rings is 1. The third-order valence-corrected chi connectivity index (χ3v) is 2.59. The van der Waals surface area contributed by atoms with Gasteiger partial charge in [-0.2, -0.15) is 0 Å². The largest absolute Gasteiger partial charge is 1.00 e. The van der Waals surface area contributed by atoms with Crippen molar-refractivity contribution in [3.63, 3.8) is 0 Å². The molecule has 0 atom stereocenters. The van der Waals surface area contributed by atoms with Crippen LogP contribution < -0.4 is 12.4 Å². The van der Waals surface area contributed by atoms with Crippen molar-refractivity contribution in [2.75, 3.05) is 46.5 Å². The average molecular weight is 236 g/mol. The Hall–Kier alpha value is -0.580. The van der Waals surface area contributed by atoms with Gasteiger partial charge < -0.3 is 26.4 Å². The Morgan fingerprint density at radius 1 is 1.53 bits per heavy atom. The van der Waals surface area contributed by atoms with Crippen molar-refractivity contribution in [3.8, 4) is 0 Å². The fraction of sp³-hybridized carbons (Fsp3) is 0.700. The number of carbonyl (C=O) groups is 1. The number of carbonyl (C=O) groups excluding carboxylic acids is 1. The molecule has 1 rings (SSSR count). The van der Waals surface area contributed by atoms with Crippen molar-refractivity contribution in [2.45, 2.75) is 0 Å². The van der Waals surface area contributed by atoms with Crippen molar-refractivity contribution >= 4 is 5.97 Å². The Morgan fingerprint density at radius 2 is 2.13 bits per heavy atom. The smallest absolute Gasteiger partial charge is 0.330 e. The van der Waals surface area contributed by atoms with Crippen LogP contribution in [0.3, 0.4) is 0 Å². The van der Waals surface area contributed by atoms with E-state index in [4.69, 9.17) is 9.47 Å². The van der Waals surface area contributed by atoms with Crippen LogP contribution >= 0.6 is 0 Å². The number of hydrogen-bond acceptors (Lipinski definition) is 3. The predicted octanol–water partition coefficient (Wildman–Crippen LogP) is -2.80. The standard InChI is InChI=1S/C10H18NO3.ClH/c1-3-10(12)14-9-6-11(2)4-7-13-8-5-11;/h3H,1,4-9H2,2H3;1H/q+1;/p-1. The van der Waals surface area contributed by atoms with Gasteiger partial charge in [0, 0.05) is 6.08 Å². The van der Waals surface area contributed by atoms with Gasteiger partial charge in [0.05, 0.1) is 20.3 Å². The van der Waals surface area contributed by atoms with E-state index in [-0.39, 0.29) is 18.4 Å². The van der Waals surface area contributed by atoms with E-state index in [1.54, 1.807) is 0 Å². The SMILES string of the molecule is C=CC(=O)OCC[N+]1(C)CCOCC1.[Cl-]. The molecule has 88 valence electrons. The summed E-state index contributed by atoms with van der Waals surface area (Å²) in [4.78, 5) is 10.8. The highest BCUT2D eigenvalue weighted by Crippen LogP contribution is 2.06. The quantitative estimate of drug-likeness (QED) is 0.300. The van der Waals surface area contributed by atoms with E-state index in [2.05, 4.69) is 13.6 Å². The molecule has 0 aliphatic carbocycles. The van der Waals surface area contributed by atoms with Gasteiger partial charge in [0.25, 0.3) is 0 Å². The molecule has 0 aromatic heterocycles. The van der Waals surface area contributed by atoms with E-state index in [0.717, 1.165) is 37.3 Å². The summed E-state index contributed by atoms with van der Waals surface area (Å²) < 4.78 is 11.1. The van der Waals surface area contributed by atoms with E-state index in [1.807, 2.05) is 0 Å². The lowest BCUT2D eigenvalue weighted by molar-refractivity contribution is -0.917. The molecule has 0 aromatic carbocycles. The first-order valence-corrected chi connectivity index (χ1v) is 4.87. The van der Waals surface area contributed by atoms with Crippen molar-refractivity contribution in [1.29, 1.82) is 0 Å². The Kier molecular flexibility index (Phi) is 6.56. The molecule has 15 heavy (non-hydrogen) atoms. The second kappa shape index (κ2) is 6.82. The lowest BCUT2D eigenvalue weighted by Crippen LogP contribution is -3.00. The topological polar surface area (TPSA) is 35.5 Å². The highest BCUT2D eigenvalue weighted by atomic mass is 35.5. The van der Waals surface area contributed by atoms with E-state index in [9.17, 15) is 4.79 Å². The maximum atomic E-state index is 10.8. The molecule has 1 saturated heterocycles. The summed E-state index contributed by atoms with van der Waals surface area (Å²) in [6.07, 6.45) is 1.19. The molecule has 1 aliphatic heterocycles. The molecule has 1 aliphatic rings. The summed E-state index contributed by atoms with van der Waals surface area (Å²) >= 11 is 0. The van der Waals surface area contributed by atoms with E-state index < -0.39 is 0 Å². The number of quaternary nitrogens is 1. The van der Waals surface area contributed by atoms with Crippen molar-refractivity contribution in [3.05, 3.63) is 12.7 Å². The van der Waals surface area contributed by atoms with Gasteiger partial charge in [0.1, 0.15) is 26.2 Å². The van der Waals surface area contributed by atoms with E-state index in [1.165, 1.54) is 6.08 Å². The molecule has 0 bridgehead atoms. The minimum absolute atomic E-state index is 0. The second-order valence-corrected chi connectivity index (χ2v) is 3.77. The summed E-state index contributed by atoms with van der Waals surface area (Å²) in [5, 5.41) is 0.